The minimum absolute atomic E-state index is 0.0258. The Morgan fingerprint density at radius 1 is 0.441 bits per heavy atom. The molecular formula is C32H62O2. The molecule has 2 heteroatoms. The predicted octanol–water partition coefficient (Wildman–Crippen LogP) is 11.1. The van der Waals surface area contributed by atoms with Crippen molar-refractivity contribution in [1.82, 2.24) is 0 Å². The third-order valence-electron chi connectivity index (χ3n) is 7.86. The molecule has 0 N–H and O–H groups in total. The molecule has 1 unspecified atom stereocenters. The van der Waals surface area contributed by atoms with Gasteiger partial charge >= 0.3 is 5.97 Å². The largest absolute Gasteiger partial charge is 0.465 e. The Balaban J connectivity index is 2.12. The second kappa shape index (κ2) is 25.6. The van der Waals surface area contributed by atoms with Crippen molar-refractivity contribution in [3.8, 4) is 0 Å². The summed E-state index contributed by atoms with van der Waals surface area (Å²) in [5.41, 5.74) is 0. The predicted molar refractivity (Wildman–Crippen MR) is 149 cm³/mol. The molecule has 0 aromatic rings. The van der Waals surface area contributed by atoms with Crippen LogP contribution in [0.5, 0.6) is 0 Å². The summed E-state index contributed by atoms with van der Waals surface area (Å²) in [6.45, 7) is 2.86. The van der Waals surface area contributed by atoms with Crippen molar-refractivity contribution in [3.63, 3.8) is 0 Å². The zero-order valence-electron chi connectivity index (χ0n) is 23.4. The minimum atomic E-state index is 0.0258. The molecule has 1 fully saturated rings. The first-order valence-corrected chi connectivity index (χ1v) is 15.9. The number of rotatable bonds is 0. The van der Waals surface area contributed by atoms with Crippen molar-refractivity contribution >= 4 is 5.97 Å². The fourth-order valence-electron chi connectivity index (χ4n) is 5.40. The molecule has 0 spiro atoms. The fourth-order valence-corrected chi connectivity index (χ4v) is 5.40. The van der Waals surface area contributed by atoms with Gasteiger partial charge in [0.2, 0.25) is 0 Å². The molecule has 0 bridgehead atoms. The lowest BCUT2D eigenvalue weighted by Gasteiger charge is -2.12. The molecule has 1 heterocycles. The van der Waals surface area contributed by atoms with E-state index in [2.05, 4.69) is 6.92 Å². The van der Waals surface area contributed by atoms with Crippen molar-refractivity contribution < 1.29 is 9.53 Å². The molecule has 34 heavy (non-hydrogen) atoms. The number of ether oxygens (including phenoxy) is 1. The van der Waals surface area contributed by atoms with Crippen LogP contribution in [0.4, 0.5) is 0 Å². The Bertz CT molecular complexity index is 419. The van der Waals surface area contributed by atoms with Gasteiger partial charge < -0.3 is 4.74 Å². The first-order valence-electron chi connectivity index (χ1n) is 15.9. The first-order chi connectivity index (χ1) is 16.8. The molecule has 0 aromatic heterocycles. The van der Waals surface area contributed by atoms with Crippen LogP contribution in [-0.4, -0.2) is 12.6 Å². The van der Waals surface area contributed by atoms with Crippen LogP contribution in [-0.2, 0) is 9.53 Å². The Morgan fingerprint density at radius 2 is 0.706 bits per heavy atom. The molecule has 1 aliphatic heterocycles. The smallest absolute Gasteiger partial charge is 0.305 e. The number of hydrogen-bond donors (Lipinski definition) is 0. The highest BCUT2D eigenvalue weighted by atomic mass is 16.5. The zero-order valence-corrected chi connectivity index (χ0v) is 23.4. The van der Waals surface area contributed by atoms with Gasteiger partial charge in [0.05, 0.1) is 6.61 Å². The van der Waals surface area contributed by atoms with Crippen LogP contribution in [0.1, 0.15) is 187 Å². The molecule has 1 aliphatic rings. The van der Waals surface area contributed by atoms with Gasteiger partial charge in [0.25, 0.3) is 0 Å². The molecule has 202 valence electrons. The standard InChI is InChI=1S/C32H62O2/c1-31-28-26-24-22-20-18-16-14-12-10-8-6-4-2-3-5-7-9-11-13-15-17-19-21-23-25-27-29-32(33)34-30-31/h31H,2-30H2,1H3. The van der Waals surface area contributed by atoms with Crippen molar-refractivity contribution in [2.45, 2.75) is 187 Å². The maximum Gasteiger partial charge on any atom is 0.305 e. The molecule has 0 aliphatic carbocycles. The van der Waals surface area contributed by atoms with Crippen molar-refractivity contribution in [1.29, 1.82) is 0 Å². The third kappa shape index (κ3) is 23.2. The molecular weight excluding hydrogens is 416 g/mol. The minimum Gasteiger partial charge on any atom is -0.465 e. The summed E-state index contributed by atoms with van der Waals surface area (Å²) in [6, 6.07) is 0. The lowest BCUT2D eigenvalue weighted by Crippen LogP contribution is -2.11. The van der Waals surface area contributed by atoms with Crippen LogP contribution in [0.25, 0.3) is 0 Å². The summed E-state index contributed by atoms with van der Waals surface area (Å²) in [5.74, 6) is 0.538. The number of esters is 1. The van der Waals surface area contributed by atoms with Crippen LogP contribution in [0.2, 0.25) is 0 Å². The highest BCUT2D eigenvalue weighted by Gasteiger charge is 2.07. The second-order valence-electron chi connectivity index (χ2n) is 11.5. The lowest BCUT2D eigenvalue weighted by molar-refractivity contribution is -0.145. The molecule has 0 radical (unpaired) electrons. The summed E-state index contributed by atoms with van der Waals surface area (Å²) < 4.78 is 5.53. The van der Waals surface area contributed by atoms with Gasteiger partial charge in [-0.2, -0.15) is 0 Å². The average molecular weight is 479 g/mol. The van der Waals surface area contributed by atoms with Gasteiger partial charge in [0.15, 0.2) is 0 Å². The number of cyclic esters (lactones) is 1. The van der Waals surface area contributed by atoms with Crippen LogP contribution in [0.15, 0.2) is 0 Å². The normalized spacial score (nSPS) is 25.3. The van der Waals surface area contributed by atoms with Crippen LogP contribution in [0.3, 0.4) is 0 Å². The Morgan fingerprint density at radius 3 is 1.03 bits per heavy atom. The van der Waals surface area contributed by atoms with Gasteiger partial charge in [0.1, 0.15) is 0 Å². The first kappa shape index (κ1) is 31.5. The summed E-state index contributed by atoms with van der Waals surface area (Å²) in [6.07, 6.45) is 38.1. The van der Waals surface area contributed by atoms with Gasteiger partial charge in [-0.25, -0.2) is 0 Å². The van der Waals surface area contributed by atoms with E-state index in [1.807, 2.05) is 0 Å². The van der Waals surface area contributed by atoms with Gasteiger partial charge in [-0.15, -0.1) is 0 Å². The maximum atomic E-state index is 12.0. The molecule has 2 nitrogen and oxygen atoms in total. The highest BCUT2D eigenvalue weighted by Crippen LogP contribution is 2.17. The summed E-state index contributed by atoms with van der Waals surface area (Å²) in [5, 5.41) is 0. The van der Waals surface area contributed by atoms with Crippen molar-refractivity contribution in [2.75, 3.05) is 6.61 Å². The molecule has 1 saturated heterocycles. The van der Waals surface area contributed by atoms with Gasteiger partial charge in [-0.05, 0) is 18.8 Å². The summed E-state index contributed by atoms with van der Waals surface area (Å²) >= 11 is 0. The Kier molecular flexibility index (Phi) is 23.7. The summed E-state index contributed by atoms with van der Waals surface area (Å²) in [7, 11) is 0. The monoisotopic (exact) mass is 478 g/mol. The van der Waals surface area contributed by atoms with E-state index in [-0.39, 0.29) is 5.97 Å². The van der Waals surface area contributed by atoms with E-state index < -0.39 is 0 Å². The van der Waals surface area contributed by atoms with E-state index in [1.165, 1.54) is 167 Å². The zero-order chi connectivity index (χ0) is 24.4. The van der Waals surface area contributed by atoms with E-state index in [9.17, 15) is 4.79 Å². The van der Waals surface area contributed by atoms with Crippen molar-refractivity contribution in [3.05, 3.63) is 0 Å². The SMILES string of the molecule is CC1CCCCCCCCCCCCCCCCCCCCCCCCCCCCC(=O)OC1. The molecule has 0 amide bonds. The molecule has 0 aromatic carbocycles. The van der Waals surface area contributed by atoms with Crippen LogP contribution in [0, 0.1) is 5.92 Å². The average Bonchev–Trinajstić information content (AvgIpc) is 2.83. The van der Waals surface area contributed by atoms with Crippen LogP contribution < -0.4 is 0 Å². The van der Waals surface area contributed by atoms with Crippen LogP contribution >= 0.6 is 0 Å². The Hall–Kier alpha value is -0.530. The van der Waals surface area contributed by atoms with E-state index in [4.69, 9.17) is 4.74 Å². The van der Waals surface area contributed by atoms with Gasteiger partial charge in [-0.1, -0.05) is 167 Å². The highest BCUT2D eigenvalue weighted by molar-refractivity contribution is 5.69. The lowest BCUT2D eigenvalue weighted by atomic mass is 10.0. The topological polar surface area (TPSA) is 26.3 Å². The van der Waals surface area contributed by atoms with Gasteiger partial charge in [-0.3, -0.25) is 4.79 Å². The van der Waals surface area contributed by atoms with E-state index in [0.29, 0.717) is 18.9 Å². The quantitative estimate of drug-likeness (QED) is 0.323. The molecule has 1 atom stereocenters. The van der Waals surface area contributed by atoms with Crippen molar-refractivity contribution in [2.24, 2.45) is 5.92 Å². The van der Waals surface area contributed by atoms with Gasteiger partial charge in [0, 0.05) is 6.42 Å². The van der Waals surface area contributed by atoms with E-state index >= 15 is 0 Å². The van der Waals surface area contributed by atoms with E-state index in [1.54, 1.807) is 0 Å². The van der Waals surface area contributed by atoms with E-state index in [0.717, 1.165) is 6.42 Å². The summed E-state index contributed by atoms with van der Waals surface area (Å²) in [4.78, 5) is 12.0. The number of carbonyl (C=O) groups is 1. The third-order valence-corrected chi connectivity index (χ3v) is 7.86. The second-order valence-corrected chi connectivity index (χ2v) is 11.5. The molecule has 0 saturated carbocycles. The number of carbonyl (C=O) groups excluding carboxylic acids is 1. The number of hydrogen-bond acceptors (Lipinski definition) is 2. The Labute approximate surface area is 214 Å². The fraction of sp³-hybridized carbons (Fsp3) is 0.969. The maximum absolute atomic E-state index is 12.0. The molecule has 1 rings (SSSR count).